The highest BCUT2D eigenvalue weighted by atomic mass is 79.9. The van der Waals surface area contributed by atoms with Crippen molar-refractivity contribution in [3.63, 3.8) is 0 Å². The zero-order chi connectivity index (χ0) is 12.8. The second-order valence-corrected chi connectivity index (χ2v) is 8.02. The van der Waals surface area contributed by atoms with Crippen LogP contribution in [0.25, 0.3) is 0 Å². The third-order valence-corrected chi connectivity index (χ3v) is 5.79. The Morgan fingerprint density at radius 2 is 1.72 bits per heavy atom. The van der Waals surface area contributed by atoms with Crippen molar-refractivity contribution in [2.24, 2.45) is 5.41 Å². The van der Waals surface area contributed by atoms with Crippen molar-refractivity contribution >= 4 is 15.9 Å². The van der Waals surface area contributed by atoms with Crippen LogP contribution in [0.3, 0.4) is 0 Å². The molecule has 0 heterocycles. The van der Waals surface area contributed by atoms with Crippen LogP contribution in [0.15, 0.2) is 22.7 Å². The fourth-order valence-electron chi connectivity index (χ4n) is 3.96. The molecule has 3 rings (SSSR count). The van der Waals surface area contributed by atoms with Crippen LogP contribution < -0.4 is 0 Å². The van der Waals surface area contributed by atoms with Gasteiger partial charge >= 0.3 is 0 Å². The largest absolute Gasteiger partial charge is 0.0599 e. The van der Waals surface area contributed by atoms with Gasteiger partial charge in [0.05, 0.1) is 0 Å². The van der Waals surface area contributed by atoms with Crippen LogP contribution in [0.5, 0.6) is 0 Å². The summed E-state index contributed by atoms with van der Waals surface area (Å²) in [6.07, 6.45) is 9.65. The van der Waals surface area contributed by atoms with Gasteiger partial charge < -0.3 is 0 Å². The number of hydrogen-bond acceptors (Lipinski definition) is 0. The molecule has 0 saturated heterocycles. The molecule has 0 unspecified atom stereocenters. The number of benzene rings is 1. The van der Waals surface area contributed by atoms with E-state index in [0.29, 0.717) is 10.8 Å². The van der Waals surface area contributed by atoms with E-state index in [2.05, 4.69) is 48.0 Å². The number of halogens is 1. The minimum atomic E-state index is 0.518. The molecule has 1 aromatic rings. The summed E-state index contributed by atoms with van der Waals surface area (Å²) >= 11 is 3.62. The van der Waals surface area contributed by atoms with Crippen LogP contribution in [0.4, 0.5) is 0 Å². The second-order valence-electron chi connectivity index (χ2n) is 7.10. The van der Waals surface area contributed by atoms with Crippen molar-refractivity contribution in [1.82, 2.24) is 0 Å². The van der Waals surface area contributed by atoms with E-state index in [-0.39, 0.29) is 0 Å². The van der Waals surface area contributed by atoms with E-state index in [9.17, 15) is 0 Å². The summed E-state index contributed by atoms with van der Waals surface area (Å²) in [5.74, 6) is 0. The van der Waals surface area contributed by atoms with Gasteiger partial charge in [-0.25, -0.2) is 0 Å². The summed E-state index contributed by atoms with van der Waals surface area (Å²) in [4.78, 5) is 0. The van der Waals surface area contributed by atoms with Crippen molar-refractivity contribution in [2.75, 3.05) is 0 Å². The summed E-state index contributed by atoms with van der Waals surface area (Å²) in [5, 5.41) is 0. The van der Waals surface area contributed by atoms with E-state index in [4.69, 9.17) is 0 Å². The highest BCUT2D eigenvalue weighted by Crippen LogP contribution is 2.52. The second kappa shape index (κ2) is 4.37. The van der Waals surface area contributed by atoms with Crippen molar-refractivity contribution in [3.05, 3.63) is 33.8 Å². The van der Waals surface area contributed by atoms with Crippen molar-refractivity contribution in [2.45, 2.75) is 64.2 Å². The third kappa shape index (κ3) is 2.15. The Morgan fingerprint density at radius 1 is 1.00 bits per heavy atom. The molecular formula is C17H23Br. The summed E-state index contributed by atoms with van der Waals surface area (Å²) in [5.41, 5.74) is 4.37. The van der Waals surface area contributed by atoms with Crippen LogP contribution in [0, 0.1) is 5.41 Å². The molecule has 2 aliphatic rings. The first-order valence-corrected chi connectivity index (χ1v) is 8.09. The van der Waals surface area contributed by atoms with Gasteiger partial charge in [0, 0.05) is 4.47 Å². The minimum absolute atomic E-state index is 0.518. The lowest BCUT2D eigenvalue weighted by Gasteiger charge is -2.47. The van der Waals surface area contributed by atoms with E-state index in [1.165, 1.54) is 49.4 Å². The quantitative estimate of drug-likeness (QED) is 0.583. The normalized spacial score (nSPS) is 24.8. The third-order valence-electron chi connectivity index (χ3n) is 5.30. The van der Waals surface area contributed by atoms with Gasteiger partial charge in [0.25, 0.3) is 0 Å². The lowest BCUT2D eigenvalue weighted by atomic mass is 9.58. The molecule has 0 amide bonds. The molecule has 1 spiro atoms. The van der Waals surface area contributed by atoms with E-state index in [1.54, 1.807) is 11.1 Å². The van der Waals surface area contributed by atoms with Gasteiger partial charge in [-0.15, -0.1) is 0 Å². The summed E-state index contributed by atoms with van der Waals surface area (Å²) < 4.78 is 1.24. The molecule has 1 fully saturated rings. The smallest absolute Gasteiger partial charge is 0.0178 e. The van der Waals surface area contributed by atoms with Crippen molar-refractivity contribution in [3.8, 4) is 0 Å². The maximum atomic E-state index is 3.62. The van der Waals surface area contributed by atoms with Gasteiger partial charge in [-0.2, -0.15) is 0 Å². The molecule has 0 N–H and O–H groups in total. The van der Waals surface area contributed by atoms with Gasteiger partial charge in [0.2, 0.25) is 0 Å². The van der Waals surface area contributed by atoms with Gasteiger partial charge in [0.15, 0.2) is 0 Å². The number of hydrogen-bond donors (Lipinski definition) is 0. The maximum Gasteiger partial charge on any atom is 0.0178 e. The molecule has 1 saturated carbocycles. The summed E-state index contributed by atoms with van der Waals surface area (Å²) in [7, 11) is 0. The molecule has 0 aromatic heterocycles. The molecule has 18 heavy (non-hydrogen) atoms. The van der Waals surface area contributed by atoms with Gasteiger partial charge in [0.1, 0.15) is 0 Å². The molecule has 0 bridgehead atoms. The Morgan fingerprint density at radius 3 is 2.44 bits per heavy atom. The number of fused-ring (bicyclic) bond motifs is 2. The van der Waals surface area contributed by atoms with Crippen LogP contribution >= 0.6 is 15.9 Å². The lowest BCUT2D eigenvalue weighted by Crippen LogP contribution is -2.37. The predicted octanol–water partition coefficient (Wildman–Crippen LogP) is 5.62. The average molecular weight is 307 g/mol. The first kappa shape index (κ1) is 12.7. The van der Waals surface area contributed by atoms with E-state index in [1.807, 2.05) is 0 Å². The molecule has 1 heteroatoms. The van der Waals surface area contributed by atoms with E-state index < -0.39 is 0 Å². The van der Waals surface area contributed by atoms with Crippen molar-refractivity contribution < 1.29 is 0 Å². The van der Waals surface area contributed by atoms with E-state index in [0.717, 1.165) is 0 Å². The van der Waals surface area contributed by atoms with Crippen LogP contribution in [0.2, 0.25) is 0 Å². The first-order chi connectivity index (χ1) is 8.51. The molecule has 2 aliphatic carbocycles. The molecule has 0 radical (unpaired) electrons. The highest BCUT2D eigenvalue weighted by molar-refractivity contribution is 9.10. The average Bonchev–Trinajstić information content (AvgIpc) is 2.33. The molecule has 98 valence electrons. The summed E-state index contributed by atoms with van der Waals surface area (Å²) in [6.45, 7) is 4.87. The molecule has 0 aliphatic heterocycles. The lowest BCUT2D eigenvalue weighted by molar-refractivity contribution is 0.146. The van der Waals surface area contributed by atoms with Crippen LogP contribution in [0.1, 0.15) is 63.5 Å². The molecular weight excluding hydrogens is 284 g/mol. The molecule has 1 aromatic carbocycles. The van der Waals surface area contributed by atoms with Crippen LogP contribution in [-0.2, 0) is 11.8 Å². The summed E-state index contributed by atoms with van der Waals surface area (Å²) in [6, 6.07) is 7.00. The fraction of sp³-hybridized carbons (Fsp3) is 0.647. The zero-order valence-corrected chi connectivity index (χ0v) is 13.1. The highest BCUT2D eigenvalue weighted by Gasteiger charge is 2.41. The Kier molecular flexibility index (Phi) is 3.09. The van der Waals surface area contributed by atoms with Crippen molar-refractivity contribution in [1.29, 1.82) is 0 Å². The zero-order valence-electron chi connectivity index (χ0n) is 11.6. The SMILES string of the molecule is CC1(C)CCC2(CCCc3cc(Br)ccc32)CC1. The minimum Gasteiger partial charge on any atom is -0.0599 e. The topological polar surface area (TPSA) is 0 Å². The van der Waals surface area contributed by atoms with Crippen LogP contribution in [-0.4, -0.2) is 0 Å². The first-order valence-electron chi connectivity index (χ1n) is 7.30. The van der Waals surface area contributed by atoms with E-state index >= 15 is 0 Å². The number of aryl methyl sites for hydroxylation is 1. The number of rotatable bonds is 0. The monoisotopic (exact) mass is 306 g/mol. The Balaban J connectivity index is 1.96. The Bertz CT molecular complexity index is 449. The fourth-order valence-corrected chi connectivity index (χ4v) is 4.37. The molecule has 0 atom stereocenters. The van der Waals surface area contributed by atoms with Gasteiger partial charge in [-0.05, 0) is 79.0 Å². The predicted molar refractivity (Wildman–Crippen MR) is 81.0 cm³/mol. The Hall–Kier alpha value is -0.300. The molecule has 0 nitrogen and oxygen atoms in total. The Labute approximate surface area is 119 Å². The maximum absolute atomic E-state index is 3.62. The van der Waals surface area contributed by atoms with Gasteiger partial charge in [-0.1, -0.05) is 35.8 Å². The van der Waals surface area contributed by atoms with Gasteiger partial charge in [-0.3, -0.25) is 0 Å². The standard InChI is InChI=1S/C17H23Br/c1-16(2)8-10-17(11-9-16)7-3-4-13-12-14(18)5-6-15(13)17/h5-6,12H,3-4,7-11H2,1-2H3.